The zero-order valence-corrected chi connectivity index (χ0v) is 14.3. The molecule has 0 saturated carbocycles. The van der Waals surface area contributed by atoms with Crippen molar-refractivity contribution in [2.24, 2.45) is 0 Å². The van der Waals surface area contributed by atoms with Gasteiger partial charge in [0.25, 0.3) is 5.91 Å². The number of nitrogens with zero attached hydrogens (tertiary/aromatic N) is 1. The van der Waals surface area contributed by atoms with Gasteiger partial charge in [-0.05, 0) is 36.6 Å². The number of benzene rings is 1. The minimum absolute atomic E-state index is 0.0261. The molecule has 1 saturated heterocycles. The average molecular weight is 355 g/mol. The molecule has 3 N–H and O–H groups in total. The minimum Gasteiger partial charge on any atom is -0.508 e. The predicted molar refractivity (Wildman–Crippen MR) is 95.9 cm³/mol. The molecule has 136 valence electrons. The highest BCUT2D eigenvalue weighted by atomic mass is 16.3. The number of rotatable bonds is 5. The number of carbonyl (C=O) groups excluding carboxylic acids is 2. The van der Waals surface area contributed by atoms with Crippen LogP contribution in [0.25, 0.3) is 0 Å². The number of nitrogens with one attached hydrogen (secondary N) is 2. The van der Waals surface area contributed by atoms with Crippen molar-refractivity contribution in [3.8, 4) is 5.75 Å². The topological polar surface area (TPSA) is 102 Å². The second-order valence-corrected chi connectivity index (χ2v) is 6.40. The fraction of sp³-hybridized carbons (Fsp3) is 0.316. The summed E-state index contributed by atoms with van der Waals surface area (Å²) in [5.74, 6) is -0.127. The normalized spacial score (nSPS) is 16.5. The van der Waals surface area contributed by atoms with Crippen molar-refractivity contribution in [2.45, 2.75) is 25.3 Å². The molecule has 0 bridgehead atoms. The fourth-order valence-corrected chi connectivity index (χ4v) is 3.07. The summed E-state index contributed by atoms with van der Waals surface area (Å²) in [6.45, 7) is 1.05. The van der Waals surface area contributed by atoms with Gasteiger partial charge in [-0.3, -0.25) is 14.4 Å². The molecule has 1 fully saturated rings. The van der Waals surface area contributed by atoms with Crippen LogP contribution in [0.1, 0.15) is 28.9 Å². The summed E-state index contributed by atoms with van der Waals surface area (Å²) in [5.41, 5.74) is 0.800. The zero-order valence-electron chi connectivity index (χ0n) is 14.3. The number of phenols is 1. The molecule has 2 heterocycles. The third-order valence-corrected chi connectivity index (χ3v) is 4.43. The van der Waals surface area contributed by atoms with Gasteiger partial charge >= 0.3 is 0 Å². The van der Waals surface area contributed by atoms with Gasteiger partial charge in [-0.2, -0.15) is 0 Å². The van der Waals surface area contributed by atoms with Crippen LogP contribution in [0.15, 0.2) is 47.3 Å². The molecule has 7 nitrogen and oxygen atoms in total. The van der Waals surface area contributed by atoms with Gasteiger partial charge in [-0.15, -0.1) is 0 Å². The van der Waals surface area contributed by atoms with E-state index in [4.69, 9.17) is 0 Å². The van der Waals surface area contributed by atoms with Crippen LogP contribution in [0, 0.1) is 0 Å². The van der Waals surface area contributed by atoms with Crippen LogP contribution in [0.3, 0.4) is 0 Å². The van der Waals surface area contributed by atoms with Crippen molar-refractivity contribution >= 4 is 11.8 Å². The van der Waals surface area contributed by atoms with Crippen LogP contribution < -0.4 is 10.9 Å². The predicted octanol–water partition coefficient (Wildman–Crippen LogP) is 1.04. The Morgan fingerprint density at radius 1 is 1.23 bits per heavy atom. The van der Waals surface area contributed by atoms with Gasteiger partial charge in [0.1, 0.15) is 11.4 Å². The van der Waals surface area contributed by atoms with Gasteiger partial charge in [-0.1, -0.05) is 18.2 Å². The summed E-state index contributed by atoms with van der Waals surface area (Å²) in [7, 11) is 0. The number of aromatic hydroxyl groups is 1. The second kappa shape index (κ2) is 7.86. The van der Waals surface area contributed by atoms with E-state index in [1.807, 2.05) is 6.07 Å². The van der Waals surface area contributed by atoms with E-state index in [9.17, 15) is 19.5 Å². The first kappa shape index (κ1) is 17.7. The van der Waals surface area contributed by atoms with Crippen LogP contribution in [0.2, 0.25) is 0 Å². The lowest BCUT2D eigenvalue weighted by Gasteiger charge is -2.17. The maximum Gasteiger partial charge on any atom is 0.268 e. The van der Waals surface area contributed by atoms with Gasteiger partial charge in [0, 0.05) is 31.6 Å². The van der Waals surface area contributed by atoms with Crippen LogP contribution in [-0.4, -0.2) is 45.9 Å². The Balaban J connectivity index is 1.49. The van der Waals surface area contributed by atoms with Crippen LogP contribution in [-0.2, 0) is 11.2 Å². The number of likely N-dealkylation sites (tertiary alicyclic amines) is 1. The summed E-state index contributed by atoms with van der Waals surface area (Å²) in [6.07, 6.45) is 1.60. The Morgan fingerprint density at radius 2 is 2.04 bits per heavy atom. The van der Waals surface area contributed by atoms with Gasteiger partial charge in [-0.25, -0.2) is 0 Å². The van der Waals surface area contributed by atoms with E-state index in [1.165, 1.54) is 12.1 Å². The van der Waals surface area contributed by atoms with E-state index in [0.717, 1.165) is 5.56 Å². The van der Waals surface area contributed by atoms with Crippen molar-refractivity contribution in [1.29, 1.82) is 0 Å². The summed E-state index contributed by atoms with van der Waals surface area (Å²) < 4.78 is 0. The molecule has 1 aromatic carbocycles. The summed E-state index contributed by atoms with van der Waals surface area (Å²) >= 11 is 0. The molecule has 1 unspecified atom stereocenters. The molecule has 0 aliphatic carbocycles. The molecule has 1 aliphatic heterocycles. The highest BCUT2D eigenvalue weighted by Crippen LogP contribution is 2.15. The van der Waals surface area contributed by atoms with Gasteiger partial charge < -0.3 is 20.3 Å². The Morgan fingerprint density at radius 3 is 2.81 bits per heavy atom. The number of H-pyrrole nitrogens is 1. The molecule has 3 rings (SSSR count). The Hall–Kier alpha value is -3.09. The smallest absolute Gasteiger partial charge is 0.268 e. The first-order chi connectivity index (χ1) is 12.5. The Kier molecular flexibility index (Phi) is 5.36. The van der Waals surface area contributed by atoms with Gasteiger partial charge in [0.05, 0.1) is 0 Å². The number of hydrogen-bond acceptors (Lipinski definition) is 4. The monoisotopic (exact) mass is 355 g/mol. The number of aromatic nitrogens is 1. The molecule has 0 radical (unpaired) electrons. The highest BCUT2D eigenvalue weighted by Gasteiger charge is 2.27. The lowest BCUT2D eigenvalue weighted by molar-refractivity contribution is -0.130. The number of hydrogen-bond donors (Lipinski definition) is 3. The van der Waals surface area contributed by atoms with Crippen molar-refractivity contribution in [1.82, 2.24) is 15.2 Å². The first-order valence-electron chi connectivity index (χ1n) is 8.57. The molecule has 0 spiro atoms. The molecular formula is C19H21N3O4. The van der Waals surface area contributed by atoms with Crippen LogP contribution in [0.4, 0.5) is 0 Å². The maximum atomic E-state index is 12.4. The number of carbonyl (C=O) groups is 2. The molecule has 7 heteroatoms. The first-order valence-corrected chi connectivity index (χ1v) is 8.57. The maximum absolute atomic E-state index is 12.4. The van der Waals surface area contributed by atoms with Gasteiger partial charge in [0.15, 0.2) is 0 Å². The van der Waals surface area contributed by atoms with Gasteiger partial charge in [0.2, 0.25) is 11.5 Å². The Bertz CT molecular complexity index is 862. The number of amides is 2. The summed E-state index contributed by atoms with van der Waals surface area (Å²) in [6, 6.07) is 11.2. The molecule has 1 aliphatic rings. The highest BCUT2D eigenvalue weighted by molar-refractivity contribution is 5.92. The molecule has 1 aromatic heterocycles. The molecule has 2 aromatic rings. The molecule has 1 atom stereocenters. The van der Waals surface area contributed by atoms with Crippen molar-refractivity contribution in [3.05, 3.63) is 64.1 Å². The third kappa shape index (κ3) is 4.50. The summed E-state index contributed by atoms with van der Waals surface area (Å²) in [4.78, 5) is 40.0. The molecular weight excluding hydrogens is 334 g/mol. The SMILES string of the molecule is O=C(NC1CCN(C(=O)CCc2cccc(O)c2)C1)c1cccc(=O)[nH]1. The van der Waals surface area contributed by atoms with Crippen molar-refractivity contribution in [3.63, 3.8) is 0 Å². The van der Waals surface area contributed by atoms with E-state index in [0.29, 0.717) is 32.4 Å². The number of phenolic OH excluding ortho intramolecular Hbond substituents is 1. The van der Waals surface area contributed by atoms with Crippen molar-refractivity contribution in [2.75, 3.05) is 13.1 Å². The minimum atomic E-state index is -0.346. The average Bonchev–Trinajstić information content (AvgIpc) is 3.08. The number of aromatic amines is 1. The molecule has 2 amide bonds. The lowest BCUT2D eigenvalue weighted by atomic mass is 10.1. The number of aryl methyl sites for hydroxylation is 1. The van der Waals surface area contributed by atoms with E-state index in [1.54, 1.807) is 29.2 Å². The largest absolute Gasteiger partial charge is 0.508 e. The van der Waals surface area contributed by atoms with Crippen LogP contribution >= 0.6 is 0 Å². The number of pyridine rings is 1. The standard InChI is InChI=1S/C19H21N3O4/c23-15-4-1-3-13(11-15)7-8-18(25)22-10-9-14(12-22)20-19(26)16-5-2-6-17(24)21-16/h1-6,11,14,23H,7-10,12H2,(H,20,26)(H,21,24). The fourth-order valence-electron chi connectivity index (χ4n) is 3.07. The van der Waals surface area contributed by atoms with E-state index in [2.05, 4.69) is 10.3 Å². The van der Waals surface area contributed by atoms with E-state index >= 15 is 0 Å². The zero-order chi connectivity index (χ0) is 18.5. The van der Waals surface area contributed by atoms with E-state index < -0.39 is 0 Å². The quantitative estimate of drug-likeness (QED) is 0.746. The molecule has 26 heavy (non-hydrogen) atoms. The lowest BCUT2D eigenvalue weighted by Crippen LogP contribution is -2.39. The Labute approximate surface area is 150 Å². The third-order valence-electron chi connectivity index (χ3n) is 4.43. The second-order valence-electron chi connectivity index (χ2n) is 6.40. The van der Waals surface area contributed by atoms with Crippen LogP contribution in [0.5, 0.6) is 5.75 Å². The van der Waals surface area contributed by atoms with Crippen molar-refractivity contribution < 1.29 is 14.7 Å². The summed E-state index contributed by atoms with van der Waals surface area (Å²) in [5, 5.41) is 12.3. The van der Waals surface area contributed by atoms with E-state index in [-0.39, 0.29) is 34.9 Å².